The van der Waals surface area contributed by atoms with Crippen molar-refractivity contribution in [3.8, 4) is 0 Å². The first-order chi connectivity index (χ1) is 10.1. The molecule has 0 spiro atoms. The van der Waals surface area contributed by atoms with Gasteiger partial charge in [0.2, 0.25) is 11.8 Å². The molecule has 4 heteroatoms. The smallest absolute Gasteiger partial charge is 0.249 e. The van der Waals surface area contributed by atoms with Gasteiger partial charge < -0.3 is 10.2 Å². The van der Waals surface area contributed by atoms with Crippen molar-refractivity contribution in [3.63, 3.8) is 0 Å². The summed E-state index contributed by atoms with van der Waals surface area (Å²) in [6.45, 7) is 4.77. The fourth-order valence-corrected chi connectivity index (χ4v) is 2.84. The van der Waals surface area contributed by atoms with Crippen molar-refractivity contribution < 1.29 is 9.59 Å². The zero-order chi connectivity index (χ0) is 15.0. The molecule has 3 rings (SSSR count). The van der Waals surface area contributed by atoms with Gasteiger partial charge in [0, 0.05) is 18.7 Å². The number of anilines is 1. The molecule has 1 unspecified atom stereocenters. The Bertz CT molecular complexity index is 546. The summed E-state index contributed by atoms with van der Waals surface area (Å²) in [6, 6.07) is 7.80. The van der Waals surface area contributed by atoms with Crippen LogP contribution < -0.4 is 10.2 Å². The number of hydrogen-bond acceptors (Lipinski definition) is 2. The van der Waals surface area contributed by atoms with Crippen molar-refractivity contribution in [1.29, 1.82) is 0 Å². The van der Waals surface area contributed by atoms with Crippen LogP contribution >= 0.6 is 0 Å². The Hall–Kier alpha value is -1.84. The molecule has 2 amide bonds. The van der Waals surface area contributed by atoms with Gasteiger partial charge in [0.25, 0.3) is 0 Å². The highest BCUT2D eigenvalue weighted by Crippen LogP contribution is 2.35. The maximum Gasteiger partial charge on any atom is 0.249 e. The number of benzene rings is 1. The average Bonchev–Trinajstić information content (AvgIpc) is 3.29. The summed E-state index contributed by atoms with van der Waals surface area (Å²) in [5, 5.41) is 2.89. The molecule has 1 N–H and O–H groups in total. The van der Waals surface area contributed by atoms with E-state index in [1.165, 1.54) is 5.56 Å². The topological polar surface area (TPSA) is 49.4 Å². The molecule has 1 heterocycles. The van der Waals surface area contributed by atoms with Crippen LogP contribution in [0.1, 0.15) is 44.6 Å². The third kappa shape index (κ3) is 2.94. The molecule has 2 aliphatic rings. The van der Waals surface area contributed by atoms with Gasteiger partial charge in [-0.15, -0.1) is 0 Å². The summed E-state index contributed by atoms with van der Waals surface area (Å²) in [5.41, 5.74) is 2.15. The van der Waals surface area contributed by atoms with Crippen LogP contribution in [0.4, 0.5) is 5.69 Å². The summed E-state index contributed by atoms with van der Waals surface area (Å²) < 4.78 is 0. The van der Waals surface area contributed by atoms with Gasteiger partial charge in [-0.2, -0.15) is 0 Å². The lowest BCUT2D eigenvalue weighted by Gasteiger charge is -2.24. The molecule has 21 heavy (non-hydrogen) atoms. The molecule has 1 aliphatic heterocycles. The highest BCUT2D eigenvalue weighted by Gasteiger charge is 2.41. The fourth-order valence-electron chi connectivity index (χ4n) is 2.84. The number of hydrogen-bond donors (Lipinski definition) is 1. The third-order valence-electron chi connectivity index (χ3n) is 4.38. The Morgan fingerprint density at radius 1 is 1.14 bits per heavy atom. The van der Waals surface area contributed by atoms with E-state index in [2.05, 4.69) is 31.3 Å². The highest BCUT2D eigenvalue weighted by molar-refractivity contribution is 6.01. The first kappa shape index (κ1) is 14.1. The molecule has 2 fully saturated rings. The first-order valence-corrected chi connectivity index (χ1v) is 7.77. The lowest BCUT2D eigenvalue weighted by molar-refractivity contribution is -0.126. The van der Waals surface area contributed by atoms with Gasteiger partial charge >= 0.3 is 0 Å². The van der Waals surface area contributed by atoms with Gasteiger partial charge in [0.05, 0.1) is 0 Å². The van der Waals surface area contributed by atoms with Gasteiger partial charge in [0.15, 0.2) is 0 Å². The zero-order valence-corrected chi connectivity index (χ0v) is 12.6. The van der Waals surface area contributed by atoms with E-state index in [-0.39, 0.29) is 17.9 Å². The lowest BCUT2D eigenvalue weighted by atomic mass is 10.0. The van der Waals surface area contributed by atoms with E-state index in [0.29, 0.717) is 24.8 Å². The first-order valence-electron chi connectivity index (χ1n) is 7.77. The van der Waals surface area contributed by atoms with Crippen LogP contribution in [0.15, 0.2) is 24.3 Å². The maximum atomic E-state index is 12.7. The SMILES string of the molecule is CC(C)c1ccc(N2CCC(=O)NC(C3CC3)C2=O)cc1. The number of nitrogens with zero attached hydrogens (tertiary/aromatic N) is 1. The third-order valence-corrected chi connectivity index (χ3v) is 4.38. The second-order valence-electron chi connectivity index (χ2n) is 6.37. The Balaban J connectivity index is 1.84. The molecule has 1 aromatic carbocycles. The number of carbonyl (C=O) groups is 2. The summed E-state index contributed by atoms with van der Waals surface area (Å²) >= 11 is 0. The number of rotatable bonds is 3. The number of amides is 2. The quantitative estimate of drug-likeness (QED) is 0.928. The van der Waals surface area contributed by atoms with E-state index >= 15 is 0 Å². The molecular weight excluding hydrogens is 264 g/mol. The minimum Gasteiger partial charge on any atom is -0.344 e. The van der Waals surface area contributed by atoms with Crippen LogP contribution in [-0.2, 0) is 9.59 Å². The molecule has 1 saturated carbocycles. The van der Waals surface area contributed by atoms with Crippen molar-refractivity contribution in [3.05, 3.63) is 29.8 Å². The summed E-state index contributed by atoms with van der Waals surface area (Å²) in [6.07, 6.45) is 2.45. The van der Waals surface area contributed by atoms with Gasteiger partial charge in [-0.25, -0.2) is 0 Å². The molecule has 1 aliphatic carbocycles. The standard InChI is InChI=1S/C17H22N2O2/c1-11(2)12-5-7-14(8-6-12)19-10-9-15(20)18-16(17(19)21)13-3-4-13/h5-8,11,13,16H,3-4,9-10H2,1-2H3,(H,18,20). The van der Waals surface area contributed by atoms with E-state index in [9.17, 15) is 9.59 Å². The number of nitrogens with one attached hydrogen (secondary N) is 1. The Morgan fingerprint density at radius 2 is 1.81 bits per heavy atom. The summed E-state index contributed by atoms with van der Waals surface area (Å²) in [5.74, 6) is 0.834. The van der Waals surface area contributed by atoms with Crippen molar-refractivity contribution in [2.45, 2.75) is 45.1 Å². The molecule has 0 bridgehead atoms. The Labute approximate surface area is 125 Å². The van der Waals surface area contributed by atoms with Crippen molar-refractivity contribution in [2.24, 2.45) is 5.92 Å². The molecule has 0 aromatic heterocycles. The van der Waals surface area contributed by atoms with Crippen LogP contribution in [0.2, 0.25) is 0 Å². The van der Waals surface area contributed by atoms with E-state index < -0.39 is 0 Å². The average molecular weight is 286 g/mol. The predicted molar refractivity (Wildman–Crippen MR) is 82.2 cm³/mol. The summed E-state index contributed by atoms with van der Waals surface area (Å²) in [4.78, 5) is 26.3. The van der Waals surface area contributed by atoms with Crippen molar-refractivity contribution >= 4 is 17.5 Å². The van der Waals surface area contributed by atoms with Gasteiger partial charge in [-0.3, -0.25) is 9.59 Å². The maximum absolute atomic E-state index is 12.7. The van der Waals surface area contributed by atoms with Gasteiger partial charge in [0.1, 0.15) is 6.04 Å². The molecule has 1 saturated heterocycles. The van der Waals surface area contributed by atoms with Crippen LogP contribution in [0.5, 0.6) is 0 Å². The zero-order valence-electron chi connectivity index (χ0n) is 12.6. The van der Waals surface area contributed by atoms with E-state index in [1.807, 2.05) is 12.1 Å². The molecular formula is C17H22N2O2. The van der Waals surface area contributed by atoms with Crippen LogP contribution in [0.25, 0.3) is 0 Å². The largest absolute Gasteiger partial charge is 0.344 e. The van der Waals surface area contributed by atoms with E-state index in [0.717, 1.165) is 18.5 Å². The van der Waals surface area contributed by atoms with Gasteiger partial charge in [-0.05, 0) is 42.4 Å². The van der Waals surface area contributed by atoms with Crippen molar-refractivity contribution in [1.82, 2.24) is 5.32 Å². The van der Waals surface area contributed by atoms with Crippen LogP contribution in [0.3, 0.4) is 0 Å². The van der Waals surface area contributed by atoms with Crippen LogP contribution in [0, 0.1) is 5.92 Å². The van der Waals surface area contributed by atoms with Crippen molar-refractivity contribution in [2.75, 3.05) is 11.4 Å². The van der Waals surface area contributed by atoms with E-state index in [1.54, 1.807) is 4.90 Å². The molecule has 1 aromatic rings. The molecule has 0 radical (unpaired) electrons. The second-order valence-corrected chi connectivity index (χ2v) is 6.37. The number of carbonyl (C=O) groups excluding carboxylic acids is 2. The molecule has 4 nitrogen and oxygen atoms in total. The minimum atomic E-state index is -0.329. The fraction of sp³-hybridized carbons (Fsp3) is 0.529. The highest BCUT2D eigenvalue weighted by atomic mass is 16.2. The second kappa shape index (κ2) is 5.51. The van der Waals surface area contributed by atoms with Crippen LogP contribution in [-0.4, -0.2) is 24.4 Å². The summed E-state index contributed by atoms with van der Waals surface area (Å²) in [7, 11) is 0. The predicted octanol–water partition coefficient (Wildman–Crippen LogP) is 2.44. The Morgan fingerprint density at radius 3 is 2.38 bits per heavy atom. The monoisotopic (exact) mass is 286 g/mol. The Kier molecular flexibility index (Phi) is 3.70. The van der Waals surface area contributed by atoms with E-state index in [4.69, 9.17) is 0 Å². The minimum absolute atomic E-state index is 0.0125. The molecule has 1 atom stereocenters. The normalized spacial score (nSPS) is 23.2. The van der Waals surface area contributed by atoms with Gasteiger partial charge in [-0.1, -0.05) is 26.0 Å². The lowest BCUT2D eigenvalue weighted by Crippen LogP contribution is -2.46. The molecule has 112 valence electrons.